The average molecular weight is 161 g/mol. The smallest absolute Gasteiger partial charge is 0.258 e. The van der Waals surface area contributed by atoms with E-state index in [4.69, 9.17) is 4.74 Å². The van der Waals surface area contributed by atoms with Gasteiger partial charge in [0.15, 0.2) is 0 Å². The number of alkyl halides is 2. The third kappa shape index (κ3) is 1.89. The van der Waals surface area contributed by atoms with E-state index in [-0.39, 0.29) is 0 Å². The fraction of sp³-hybridized carbons (Fsp3) is 0.500. The number of hydrogen-bond acceptors (Lipinski definition) is 2. The van der Waals surface area contributed by atoms with Gasteiger partial charge in [0.2, 0.25) is 5.88 Å². The first-order chi connectivity index (χ1) is 5.24. The first kappa shape index (κ1) is 7.97. The molecule has 1 radical (unpaired) electrons. The molecule has 1 heterocycles. The van der Waals surface area contributed by atoms with Gasteiger partial charge in [-0.05, 0) is 0 Å². The van der Waals surface area contributed by atoms with Crippen LogP contribution in [0.2, 0.25) is 0 Å². The Morgan fingerprint density at radius 1 is 1.82 bits per heavy atom. The summed E-state index contributed by atoms with van der Waals surface area (Å²) in [5.74, 6) is 0.297. The van der Waals surface area contributed by atoms with Crippen molar-refractivity contribution in [1.29, 1.82) is 0 Å². The van der Waals surface area contributed by atoms with Crippen LogP contribution in [-0.2, 0) is 6.54 Å². The SMILES string of the molecule is COc1c[c]nn1CC(F)F. The van der Waals surface area contributed by atoms with E-state index in [1.165, 1.54) is 13.2 Å². The Bertz CT molecular complexity index is 224. The van der Waals surface area contributed by atoms with Crippen LogP contribution in [0, 0.1) is 6.20 Å². The molecule has 0 aliphatic carbocycles. The van der Waals surface area contributed by atoms with Crippen molar-refractivity contribution in [3.63, 3.8) is 0 Å². The molecule has 5 heteroatoms. The van der Waals surface area contributed by atoms with Gasteiger partial charge in [0.1, 0.15) is 12.7 Å². The van der Waals surface area contributed by atoms with Gasteiger partial charge in [-0.3, -0.25) is 0 Å². The molecule has 1 aromatic heterocycles. The second-order valence-corrected chi connectivity index (χ2v) is 1.89. The van der Waals surface area contributed by atoms with Gasteiger partial charge in [-0.1, -0.05) is 0 Å². The molecule has 0 fully saturated rings. The number of hydrogen-bond donors (Lipinski definition) is 0. The van der Waals surface area contributed by atoms with Crippen LogP contribution in [0.5, 0.6) is 5.88 Å². The minimum absolute atomic E-state index is 0.297. The summed E-state index contributed by atoms with van der Waals surface area (Å²) < 4.78 is 29.4. The van der Waals surface area contributed by atoms with Crippen molar-refractivity contribution in [2.24, 2.45) is 0 Å². The molecule has 0 saturated heterocycles. The molecule has 0 atom stereocenters. The van der Waals surface area contributed by atoms with Crippen LogP contribution in [0.15, 0.2) is 6.07 Å². The van der Waals surface area contributed by atoms with Gasteiger partial charge >= 0.3 is 0 Å². The maximum atomic E-state index is 11.8. The highest BCUT2D eigenvalue weighted by Gasteiger charge is 2.08. The Morgan fingerprint density at radius 3 is 3.09 bits per heavy atom. The van der Waals surface area contributed by atoms with Gasteiger partial charge in [0.25, 0.3) is 6.43 Å². The minimum atomic E-state index is -2.42. The van der Waals surface area contributed by atoms with Crippen LogP contribution in [0.1, 0.15) is 0 Å². The monoisotopic (exact) mass is 161 g/mol. The zero-order valence-electron chi connectivity index (χ0n) is 5.92. The maximum absolute atomic E-state index is 11.8. The summed E-state index contributed by atoms with van der Waals surface area (Å²) in [6.45, 7) is -0.452. The Labute approximate surface area is 62.6 Å². The van der Waals surface area contributed by atoms with E-state index < -0.39 is 13.0 Å². The fourth-order valence-electron chi connectivity index (χ4n) is 0.703. The van der Waals surface area contributed by atoms with Crippen LogP contribution in [-0.4, -0.2) is 23.3 Å². The number of nitrogens with zero attached hydrogens (tertiary/aromatic N) is 2. The zero-order chi connectivity index (χ0) is 8.27. The first-order valence-corrected chi connectivity index (χ1v) is 3.00. The van der Waals surface area contributed by atoms with Crippen molar-refractivity contribution < 1.29 is 13.5 Å². The van der Waals surface area contributed by atoms with E-state index >= 15 is 0 Å². The molecule has 0 bridgehead atoms. The highest BCUT2D eigenvalue weighted by atomic mass is 19.3. The molecule has 1 aromatic rings. The second-order valence-electron chi connectivity index (χ2n) is 1.89. The van der Waals surface area contributed by atoms with E-state index in [1.807, 2.05) is 0 Å². The van der Waals surface area contributed by atoms with Crippen molar-refractivity contribution >= 4 is 0 Å². The predicted octanol–water partition coefficient (Wildman–Crippen LogP) is 0.957. The van der Waals surface area contributed by atoms with Gasteiger partial charge in [-0.2, -0.15) is 5.10 Å². The Kier molecular flexibility index (Phi) is 2.40. The van der Waals surface area contributed by atoms with Crippen LogP contribution in [0.3, 0.4) is 0 Å². The summed E-state index contributed by atoms with van der Waals surface area (Å²) in [7, 11) is 1.40. The summed E-state index contributed by atoms with van der Waals surface area (Å²) >= 11 is 0. The molecule has 0 aromatic carbocycles. The van der Waals surface area contributed by atoms with Crippen molar-refractivity contribution in [2.45, 2.75) is 13.0 Å². The highest BCUT2D eigenvalue weighted by molar-refractivity contribution is 5.05. The Hall–Kier alpha value is -1.13. The highest BCUT2D eigenvalue weighted by Crippen LogP contribution is 2.09. The van der Waals surface area contributed by atoms with Crippen LogP contribution < -0.4 is 4.74 Å². The molecular weight excluding hydrogens is 154 g/mol. The fourth-order valence-corrected chi connectivity index (χ4v) is 0.703. The lowest BCUT2D eigenvalue weighted by Gasteiger charge is -2.03. The lowest BCUT2D eigenvalue weighted by molar-refractivity contribution is 0.117. The number of methoxy groups -OCH3 is 1. The zero-order valence-corrected chi connectivity index (χ0v) is 5.92. The van der Waals surface area contributed by atoms with E-state index in [9.17, 15) is 8.78 Å². The molecule has 0 spiro atoms. The van der Waals surface area contributed by atoms with E-state index in [0.29, 0.717) is 5.88 Å². The van der Waals surface area contributed by atoms with Crippen molar-refractivity contribution in [3.05, 3.63) is 12.3 Å². The quantitative estimate of drug-likeness (QED) is 0.660. The summed E-state index contributed by atoms with van der Waals surface area (Å²) in [5.41, 5.74) is 0. The van der Waals surface area contributed by atoms with Crippen molar-refractivity contribution in [1.82, 2.24) is 9.78 Å². The van der Waals surface area contributed by atoms with Gasteiger partial charge in [-0.15, -0.1) is 0 Å². The molecule has 11 heavy (non-hydrogen) atoms. The summed E-state index contributed by atoms with van der Waals surface area (Å²) in [5, 5.41) is 3.51. The molecule has 1 rings (SSSR count). The standard InChI is InChI=1S/C6H7F2N2O/c1-11-6-2-3-9-10(6)4-5(7)8/h2,5H,4H2,1H3. The third-order valence-electron chi connectivity index (χ3n) is 1.14. The molecule has 0 N–H and O–H groups in total. The van der Waals surface area contributed by atoms with Gasteiger partial charge in [0, 0.05) is 6.07 Å². The topological polar surface area (TPSA) is 27.1 Å². The third-order valence-corrected chi connectivity index (χ3v) is 1.14. The first-order valence-electron chi connectivity index (χ1n) is 3.00. The van der Waals surface area contributed by atoms with Crippen molar-refractivity contribution in [2.75, 3.05) is 7.11 Å². The molecule has 61 valence electrons. The second kappa shape index (κ2) is 3.32. The van der Waals surface area contributed by atoms with Gasteiger partial charge in [0.05, 0.1) is 7.11 Å². The maximum Gasteiger partial charge on any atom is 0.258 e. The number of halogens is 2. The van der Waals surface area contributed by atoms with Gasteiger partial charge < -0.3 is 4.74 Å². The Balaban J connectivity index is 2.68. The van der Waals surface area contributed by atoms with E-state index in [0.717, 1.165) is 4.68 Å². The summed E-state index contributed by atoms with van der Waals surface area (Å²) in [6, 6.07) is 1.41. The molecule has 0 amide bonds. The molecule has 0 saturated carbocycles. The lowest BCUT2D eigenvalue weighted by Crippen LogP contribution is -2.09. The van der Waals surface area contributed by atoms with Gasteiger partial charge in [-0.25, -0.2) is 13.5 Å². The largest absolute Gasteiger partial charge is 0.481 e. The molecule has 0 aliphatic rings. The molecule has 3 nitrogen and oxygen atoms in total. The van der Waals surface area contributed by atoms with Crippen LogP contribution >= 0.6 is 0 Å². The van der Waals surface area contributed by atoms with Crippen LogP contribution in [0.25, 0.3) is 0 Å². The minimum Gasteiger partial charge on any atom is -0.481 e. The normalized spacial score (nSPS) is 10.5. The number of ether oxygens (including phenoxy) is 1. The van der Waals surface area contributed by atoms with E-state index in [2.05, 4.69) is 11.3 Å². The number of aromatic nitrogens is 2. The Morgan fingerprint density at radius 2 is 2.55 bits per heavy atom. The van der Waals surface area contributed by atoms with E-state index in [1.54, 1.807) is 0 Å². The number of rotatable bonds is 3. The molecule has 0 aliphatic heterocycles. The average Bonchev–Trinajstić information content (AvgIpc) is 2.34. The molecular formula is C6H7F2N2O. The van der Waals surface area contributed by atoms with Crippen molar-refractivity contribution in [3.8, 4) is 5.88 Å². The van der Waals surface area contributed by atoms with Crippen LogP contribution in [0.4, 0.5) is 8.78 Å². The lowest BCUT2D eigenvalue weighted by atomic mass is 10.6. The predicted molar refractivity (Wildman–Crippen MR) is 33.6 cm³/mol. The summed E-state index contributed by atoms with van der Waals surface area (Å²) in [6.07, 6.45) is -0.0100. The summed E-state index contributed by atoms with van der Waals surface area (Å²) in [4.78, 5) is 0. The molecule has 0 unspecified atom stereocenters.